The largest absolute Gasteiger partial charge is 0.508 e. The van der Waals surface area contributed by atoms with Crippen molar-refractivity contribution in [1.29, 1.82) is 5.26 Å². The number of anilines is 1. The first-order valence-corrected chi connectivity index (χ1v) is 6.02. The quantitative estimate of drug-likeness (QED) is 0.546. The van der Waals surface area contributed by atoms with Crippen molar-refractivity contribution in [2.45, 2.75) is 13.0 Å². The molecule has 0 saturated heterocycles. The highest BCUT2D eigenvalue weighted by Crippen LogP contribution is 2.18. The van der Waals surface area contributed by atoms with Crippen LogP contribution in [0.4, 0.5) is 5.69 Å². The first-order chi connectivity index (χ1) is 9.85. The van der Waals surface area contributed by atoms with E-state index in [1.807, 2.05) is 0 Å². The Balaban J connectivity index is 2.88. The molecule has 0 aromatic heterocycles. The average Bonchev–Trinajstić information content (AvgIpc) is 2.44. The molecule has 7 nitrogen and oxygen atoms in total. The van der Waals surface area contributed by atoms with Gasteiger partial charge < -0.3 is 20.4 Å². The van der Waals surface area contributed by atoms with Gasteiger partial charge in [0, 0.05) is 18.9 Å². The molecule has 0 bridgehead atoms. The van der Waals surface area contributed by atoms with Crippen LogP contribution in [0.2, 0.25) is 0 Å². The highest BCUT2D eigenvalue weighted by Gasteiger charge is 2.17. The number of carbonyl (C=O) groups excluding carboxylic acids is 1. The average molecular weight is 289 g/mol. The van der Waals surface area contributed by atoms with E-state index in [9.17, 15) is 14.7 Å². The Morgan fingerprint density at radius 1 is 1.38 bits per heavy atom. The number of nitrogens with zero attached hydrogens (tertiary/aromatic N) is 2. The van der Waals surface area contributed by atoms with Gasteiger partial charge in [-0.05, 0) is 31.2 Å². The fraction of sp³-hybridized carbons (Fsp3) is 0.214. The molecule has 0 aliphatic heterocycles. The first kappa shape index (κ1) is 16.0. The van der Waals surface area contributed by atoms with Gasteiger partial charge in [0.25, 0.3) is 5.91 Å². The summed E-state index contributed by atoms with van der Waals surface area (Å²) >= 11 is 0. The fourth-order valence-corrected chi connectivity index (χ4v) is 1.43. The van der Waals surface area contributed by atoms with Crippen molar-refractivity contribution in [1.82, 2.24) is 5.32 Å². The minimum atomic E-state index is -1.19. The number of aromatic hydroxyl groups is 1. The van der Waals surface area contributed by atoms with Crippen molar-refractivity contribution in [3.8, 4) is 11.8 Å². The van der Waals surface area contributed by atoms with Gasteiger partial charge in [0.2, 0.25) is 0 Å². The number of carbonyl (C=O) groups is 2. The molecule has 0 aliphatic rings. The van der Waals surface area contributed by atoms with E-state index in [1.165, 1.54) is 30.2 Å². The van der Waals surface area contributed by atoms with Crippen LogP contribution in [0.3, 0.4) is 0 Å². The van der Waals surface area contributed by atoms with Crippen LogP contribution in [0.1, 0.15) is 6.92 Å². The maximum absolute atomic E-state index is 11.8. The molecule has 1 unspecified atom stereocenters. The zero-order chi connectivity index (χ0) is 16.0. The molecule has 0 radical (unpaired) electrons. The van der Waals surface area contributed by atoms with Crippen LogP contribution in [-0.4, -0.2) is 35.2 Å². The van der Waals surface area contributed by atoms with E-state index in [4.69, 9.17) is 10.4 Å². The molecule has 1 aromatic rings. The molecule has 1 rings (SSSR count). The minimum absolute atomic E-state index is 0.102. The second kappa shape index (κ2) is 6.96. The molecule has 1 atom stereocenters. The zero-order valence-corrected chi connectivity index (χ0v) is 11.6. The molecule has 7 heteroatoms. The van der Waals surface area contributed by atoms with E-state index in [-0.39, 0.29) is 11.3 Å². The van der Waals surface area contributed by atoms with Crippen molar-refractivity contribution in [2.24, 2.45) is 0 Å². The lowest BCUT2D eigenvalue weighted by atomic mass is 10.2. The molecule has 0 aliphatic carbocycles. The second-order valence-corrected chi connectivity index (χ2v) is 4.32. The van der Waals surface area contributed by atoms with E-state index < -0.39 is 17.9 Å². The molecule has 0 heterocycles. The van der Waals surface area contributed by atoms with E-state index in [1.54, 1.807) is 25.2 Å². The van der Waals surface area contributed by atoms with Gasteiger partial charge in [-0.3, -0.25) is 9.59 Å². The van der Waals surface area contributed by atoms with E-state index in [0.29, 0.717) is 5.69 Å². The summed E-state index contributed by atoms with van der Waals surface area (Å²) in [5, 5.41) is 29.1. The SMILES string of the molecule is CC(NC(=O)/C(C#N)=C\N(C)c1ccc(O)cc1)C(=O)O. The number of rotatable bonds is 5. The Kier molecular flexibility index (Phi) is 5.31. The number of hydrogen-bond acceptors (Lipinski definition) is 5. The van der Waals surface area contributed by atoms with Crippen LogP contribution in [0.25, 0.3) is 0 Å². The number of nitrogens with one attached hydrogen (secondary N) is 1. The molecule has 21 heavy (non-hydrogen) atoms. The van der Waals surface area contributed by atoms with E-state index in [0.717, 1.165) is 0 Å². The Morgan fingerprint density at radius 3 is 2.43 bits per heavy atom. The van der Waals surface area contributed by atoms with Gasteiger partial charge in [-0.25, -0.2) is 0 Å². The molecule has 110 valence electrons. The summed E-state index contributed by atoms with van der Waals surface area (Å²) in [6, 6.07) is 6.79. The summed E-state index contributed by atoms with van der Waals surface area (Å²) in [5.74, 6) is -1.85. The van der Waals surface area contributed by atoms with Crippen molar-refractivity contribution in [3.63, 3.8) is 0 Å². The number of carboxylic acid groups (broad SMARTS) is 1. The van der Waals surface area contributed by atoms with E-state index >= 15 is 0 Å². The second-order valence-electron chi connectivity index (χ2n) is 4.32. The summed E-state index contributed by atoms with van der Waals surface area (Å²) in [7, 11) is 1.62. The smallest absolute Gasteiger partial charge is 0.325 e. The van der Waals surface area contributed by atoms with Gasteiger partial charge >= 0.3 is 5.97 Å². The lowest BCUT2D eigenvalue weighted by Gasteiger charge is -2.15. The monoisotopic (exact) mass is 289 g/mol. The predicted molar refractivity (Wildman–Crippen MR) is 75.4 cm³/mol. The Labute approximate surface area is 121 Å². The number of hydrogen-bond donors (Lipinski definition) is 3. The number of nitriles is 1. The third kappa shape index (κ3) is 4.54. The highest BCUT2D eigenvalue weighted by atomic mass is 16.4. The lowest BCUT2D eigenvalue weighted by Crippen LogP contribution is -2.39. The van der Waals surface area contributed by atoms with Crippen LogP contribution in [0.5, 0.6) is 5.75 Å². The Bertz CT molecular complexity index is 602. The molecular formula is C14H15N3O4. The summed E-state index contributed by atoms with van der Waals surface area (Å²) in [5.41, 5.74) is 0.429. The topological polar surface area (TPSA) is 114 Å². The maximum atomic E-state index is 11.8. The number of phenolic OH excluding ortho intramolecular Hbond substituents is 1. The van der Waals surface area contributed by atoms with Gasteiger partial charge in [0.15, 0.2) is 0 Å². The molecule has 0 fully saturated rings. The third-order valence-electron chi connectivity index (χ3n) is 2.66. The standard InChI is InChI=1S/C14H15N3O4/c1-9(14(20)21)16-13(19)10(7-15)8-17(2)11-3-5-12(18)6-4-11/h3-6,8-9,18H,1-2H3,(H,16,19)(H,20,21)/b10-8-. The van der Waals surface area contributed by atoms with Gasteiger partial charge in [0.1, 0.15) is 23.4 Å². The summed E-state index contributed by atoms with van der Waals surface area (Å²) in [6.07, 6.45) is 1.29. The van der Waals surface area contributed by atoms with Gasteiger partial charge in [0.05, 0.1) is 0 Å². The van der Waals surface area contributed by atoms with Crippen molar-refractivity contribution >= 4 is 17.6 Å². The highest BCUT2D eigenvalue weighted by molar-refractivity contribution is 5.99. The maximum Gasteiger partial charge on any atom is 0.325 e. The van der Waals surface area contributed by atoms with Crippen molar-refractivity contribution in [2.75, 3.05) is 11.9 Å². The number of aliphatic carboxylic acids is 1. The molecule has 1 aromatic carbocycles. The molecule has 1 amide bonds. The minimum Gasteiger partial charge on any atom is -0.508 e. The van der Waals surface area contributed by atoms with Crippen LogP contribution >= 0.6 is 0 Å². The number of phenols is 1. The van der Waals surface area contributed by atoms with Crippen molar-refractivity contribution in [3.05, 3.63) is 36.0 Å². The predicted octanol–water partition coefficient (Wildman–Crippen LogP) is 0.825. The van der Waals surface area contributed by atoms with E-state index in [2.05, 4.69) is 5.32 Å². The van der Waals surface area contributed by atoms with Crippen molar-refractivity contribution < 1.29 is 19.8 Å². The molecular weight excluding hydrogens is 274 g/mol. The van der Waals surface area contributed by atoms with Gasteiger partial charge in [-0.15, -0.1) is 0 Å². The number of benzene rings is 1. The van der Waals surface area contributed by atoms with Gasteiger partial charge in [-0.2, -0.15) is 5.26 Å². The fourth-order valence-electron chi connectivity index (χ4n) is 1.43. The molecule has 0 saturated carbocycles. The number of amides is 1. The first-order valence-electron chi connectivity index (χ1n) is 6.02. The molecule has 0 spiro atoms. The Hall–Kier alpha value is -3.01. The molecule has 3 N–H and O–H groups in total. The Morgan fingerprint density at radius 2 is 1.95 bits per heavy atom. The van der Waals surface area contributed by atoms with Crippen LogP contribution in [0, 0.1) is 11.3 Å². The normalized spacial score (nSPS) is 12.1. The third-order valence-corrected chi connectivity index (χ3v) is 2.66. The summed E-state index contributed by atoms with van der Waals surface area (Å²) in [4.78, 5) is 24.0. The summed E-state index contributed by atoms with van der Waals surface area (Å²) < 4.78 is 0. The van der Waals surface area contributed by atoms with Crippen LogP contribution in [-0.2, 0) is 9.59 Å². The van der Waals surface area contributed by atoms with Gasteiger partial charge in [-0.1, -0.05) is 0 Å². The lowest BCUT2D eigenvalue weighted by molar-refractivity contribution is -0.140. The number of carboxylic acids is 1. The zero-order valence-electron chi connectivity index (χ0n) is 11.6. The van der Waals surface area contributed by atoms with Crippen LogP contribution < -0.4 is 10.2 Å². The van der Waals surface area contributed by atoms with Crippen LogP contribution in [0.15, 0.2) is 36.0 Å². The summed E-state index contributed by atoms with van der Waals surface area (Å²) in [6.45, 7) is 1.30.